The first-order chi connectivity index (χ1) is 12.9. The molecule has 0 aromatic heterocycles. The molecule has 0 bridgehead atoms. The summed E-state index contributed by atoms with van der Waals surface area (Å²) in [5.41, 5.74) is 0.925. The number of ether oxygens (including phenoxy) is 2. The summed E-state index contributed by atoms with van der Waals surface area (Å²) in [4.78, 5) is 5.15. The minimum atomic E-state index is -0.440. The number of hydrogen-bond donors (Lipinski definition) is 0. The second kappa shape index (κ2) is 14.4. The van der Waals surface area contributed by atoms with Gasteiger partial charge in [-0.2, -0.15) is 0 Å². The molecule has 0 heterocycles. The zero-order valence-electron chi connectivity index (χ0n) is 15.6. The summed E-state index contributed by atoms with van der Waals surface area (Å²) in [6, 6.07) is 3.03. The summed E-state index contributed by atoms with van der Waals surface area (Å²) in [7, 11) is 0. The zero-order chi connectivity index (χ0) is 20.1. The lowest BCUT2D eigenvalue weighted by Gasteiger charge is -2.11. The highest BCUT2D eigenvalue weighted by Crippen LogP contribution is 2.33. The van der Waals surface area contributed by atoms with E-state index in [0.29, 0.717) is 30.0 Å². The summed E-state index contributed by atoms with van der Waals surface area (Å²) in [6.45, 7) is 5.26. The first-order valence-electron chi connectivity index (χ1n) is 8.79. The molecular weight excluding hydrogens is 549 g/mol. The smallest absolute Gasteiger partial charge is 0.169 e. The van der Waals surface area contributed by atoms with Crippen LogP contribution in [0.2, 0.25) is 0 Å². The third-order valence-electron chi connectivity index (χ3n) is 3.33. The van der Waals surface area contributed by atoms with E-state index < -0.39 is 5.82 Å². The Balaban J connectivity index is 2.24. The van der Waals surface area contributed by atoms with Crippen LogP contribution < -0.4 is 9.47 Å². The first kappa shape index (κ1) is 24.4. The van der Waals surface area contributed by atoms with Gasteiger partial charge in [0.15, 0.2) is 11.6 Å². The van der Waals surface area contributed by atoms with Gasteiger partial charge in [-0.3, -0.25) is 0 Å². The van der Waals surface area contributed by atoms with Crippen LogP contribution in [0.25, 0.3) is 0 Å². The second-order valence-corrected chi connectivity index (χ2v) is 9.64. The lowest BCUT2D eigenvalue weighted by Crippen LogP contribution is -2.01. The predicted molar refractivity (Wildman–Crippen MR) is 119 cm³/mol. The van der Waals surface area contributed by atoms with Crippen molar-refractivity contribution >= 4 is 53.5 Å². The molecule has 0 amide bonds. The van der Waals surface area contributed by atoms with Crippen LogP contribution in [-0.4, -0.2) is 25.5 Å². The standard InChI is InChI=1S/C19H25Br3FNO3/c1-14(2)24-27-10-7-5-3-4-6-9-26-19-16(20)12-15(13-17(19)23)25-11-8-18(21)22/h8,12-13H,3-7,9-11H2,1-2H3. The number of hydrogen-bond acceptors (Lipinski definition) is 4. The summed E-state index contributed by atoms with van der Waals surface area (Å²) < 4.78 is 26.6. The number of unbranched alkanes of at least 4 members (excludes halogenated alkanes) is 4. The topological polar surface area (TPSA) is 40.0 Å². The van der Waals surface area contributed by atoms with E-state index in [1.165, 1.54) is 6.07 Å². The molecule has 0 saturated carbocycles. The normalized spacial score (nSPS) is 10.3. The minimum Gasteiger partial charge on any atom is -0.489 e. The summed E-state index contributed by atoms with van der Waals surface area (Å²) in [5, 5.41) is 3.89. The maximum atomic E-state index is 14.2. The molecule has 0 aliphatic rings. The molecule has 0 radical (unpaired) electrons. The van der Waals surface area contributed by atoms with E-state index in [0.717, 1.165) is 41.2 Å². The van der Waals surface area contributed by atoms with Crippen molar-refractivity contribution in [2.75, 3.05) is 19.8 Å². The van der Waals surface area contributed by atoms with Crippen LogP contribution in [0.4, 0.5) is 4.39 Å². The Bertz CT molecular complexity index is 608. The number of oxime groups is 1. The molecule has 0 atom stereocenters. The predicted octanol–water partition coefficient (Wildman–Crippen LogP) is 7.34. The van der Waals surface area contributed by atoms with Crippen molar-refractivity contribution < 1.29 is 18.7 Å². The number of rotatable bonds is 13. The Kier molecular flexibility index (Phi) is 13.0. The highest BCUT2D eigenvalue weighted by atomic mass is 79.9. The SMILES string of the molecule is CC(C)=NOCCCCCCCOc1c(F)cc(OCC=C(Br)Br)cc1Br. The summed E-state index contributed by atoms with van der Waals surface area (Å²) >= 11 is 9.82. The Morgan fingerprint density at radius 3 is 2.33 bits per heavy atom. The van der Waals surface area contributed by atoms with E-state index in [1.54, 1.807) is 12.1 Å². The zero-order valence-corrected chi connectivity index (χ0v) is 20.3. The molecule has 1 aromatic carbocycles. The number of halogens is 4. The Morgan fingerprint density at radius 1 is 1.04 bits per heavy atom. The van der Waals surface area contributed by atoms with Gasteiger partial charge in [-0.25, -0.2) is 4.39 Å². The largest absolute Gasteiger partial charge is 0.489 e. The highest BCUT2D eigenvalue weighted by Gasteiger charge is 2.11. The van der Waals surface area contributed by atoms with Gasteiger partial charge in [-0.1, -0.05) is 18.0 Å². The lowest BCUT2D eigenvalue weighted by molar-refractivity contribution is 0.139. The van der Waals surface area contributed by atoms with Gasteiger partial charge in [0.2, 0.25) is 0 Å². The van der Waals surface area contributed by atoms with Crippen molar-refractivity contribution in [2.24, 2.45) is 5.16 Å². The average Bonchev–Trinajstić information content (AvgIpc) is 2.58. The molecular formula is C19H25Br3FNO3. The van der Waals surface area contributed by atoms with E-state index in [2.05, 4.69) is 52.9 Å². The molecule has 0 aliphatic heterocycles. The average molecular weight is 574 g/mol. The second-order valence-electron chi connectivity index (χ2n) is 6.01. The van der Waals surface area contributed by atoms with E-state index in [1.807, 2.05) is 13.8 Å². The van der Waals surface area contributed by atoms with Gasteiger partial charge < -0.3 is 14.3 Å². The Labute approximate surface area is 185 Å². The maximum Gasteiger partial charge on any atom is 0.169 e. The molecule has 1 rings (SSSR count). The van der Waals surface area contributed by atoms with Crippen LogP contribution >= 0.6 is 47.8 Å². The van der Waals surface area contributed by atoms with Crippen molar-refractivity contribution in [1.29, 1.82) is 0 Å². The van der Waals surface area contributed by atoms with Crippen LogP contribution in [0.15, 0.2) is 31.2 Å². The lowest BCUT2D eigenvalue weighted by atomic mass is 10.1. The van der Waals surface area contributed by atoms with Crippen molar-refractivity contribution in [3.8, 4) is 11.5 Å². The van der Waals surface area contributed by atoms with Gasteiger partial charge in [0.25, 0.3) is 0 Å². The molecule has 0 saturated heterocycles. The summed E-state index contributed by atoms with van der Waals surface area (Å²) in [6.07, 6.45) is 6.85. The van der Waals surface area contributed by atoms with E-state index in [-0.39, 0.29) is 5.75 Å². The van der Waals surface area contributed by atoms with Gasteiger partial charge in [-0.15, -0.1) is 0 Å². The summed E-state index contributed by atoms with van der Waals surface area (Å²) in [5.74, 6) is 0.222. The third-order valence-corrected chi connectivity index (χ3v) is 4.57. The Morgan fingerprint density at radius 2 is 1.70 bits per heavy atom. The molecule has 8 heteroatoms. The minimum absolute atomic E-state index is 0.223. The monoisotopic (exact) mass is 571 g/mol. The first-order valence-corrected chi connectivity index (χ1v) is 11.2. The quantitative estimate of drug-likeness (QED) is 0.141. The molecule has 1 aromatic rings. The third kappa shape index (κ3) is 11.8. The van der Waals surface area contributed by atoms with Gasteiger partial charge >= 0.3 is 0 Å². The number of nitrogens with zero attached hydrogens (tertiary/aromatic N) is 1. The van der Waals surface area contributed by atoms with Gasteiger partial charge in [0.1, 0.15) is 19.0 Å². The van der Waals surface area contributed by atoms with E-state index >= 15 is 0 Å². The van der Waals surface area contributed by atoms with Gasteiger partial charge in [0, 0.05) is 6.07 Å². The maximum absolute atomic E-state index is 14.2. The number of benzene rings is 1. The van der Waals surface area contributed by atoms with Gasteiger partial charge in [0.05, 0.1) is 20.2 Å². The van der Waals surface area contributed by atoms with Gasteiger partial charge in [-0.05, 0) is 93.0 Å². The van der Waals surface area contributed by atoms with Crippen LogP contribution in [-0.2, 0) is 4.84 Å². The highest BCUT2D eigenvalue weighted by molar-refractivity contribution is 9.28. The molecule has 152 valence electrons. The fourth-order valence-electron chi connectivity index (χ4n) is 2.11. The molecule has 27 heavy (non-hydrogen) atoms. The molecule has 0 spiro atoms. The van der Waals surface area contributed by atoms with E-state index in [9.17, 15) is 4.39 Å². The van der Waals surface area contributed by atoms with Crippen molar-refractivity contribution in [1.82, 2.24) is 0 Å². The van der Waals surface area contributed by atoms with Crippen LogP contribution in [0, 0.1) is 5.82 Å². The van der Waals surface area contributed by atoms with Crippen molar-refractivity contribution in [3.63, 3.8) is 0 Å². The molecule has 0 unspecified atom stereocenters. The molecule has 0 aliphatic carbocycles. The van der Waals surface area contributed by atoms with Crippen molar-refractivity contribution in [2.45, 2.75) is 46.0 Å². The molecule has 4 nitrogen and oxygen atoms in total. The van der Waals surface area contributed by atoms with Crippen LogP contribution in [0.3, 0.4) is 0 Å². The van der Waals surface area contributed by atoms with Crippen LogP contribution in [0.1, 0.15) is 46.0 Å². The molecule has 0 fully saturated rings. The van der Waals surface area contributed by atoms with Crippen LogP contribution in [0.5, 0.6) is 11.5 Å². The fourth-order valence-corrected chi connectivity index (χ4v) is 2.90. The molecule has 0 N–H and O–H groups in total. The van der Waals surface area contributed by atoms with E-state index in [4.69, 9.17) is 14.3 Å². The fraction of sp³-hybridized carbons (Fsp3) is 0.526. The van der Waals surface area contributed by atoms with Crippen molar-refractivity contribution in [3.05, 3.63) is 31.9 Å². The Hall–Kier alpha value is -0.600.